The molecule has 5 atom stereocenters. The van der Waals surface area contributed by atoms with Gasteiger partial charge in [0.25, 0.3) is 0 Å². The van der Waals surface area contributed by atoms with Gasteiger partial charge in [-0.05, 0) is 87.3 Å². The summed E-state index contributed by atoms with van der Waals surface area (Å²) in [5.41, 5.74) is 1.18. The number of fused-ring (bicyclic) bond motifs is 1. The number of amides is 4. The van der Waals surface area contributed by atoms with E-state index in [1.807, 2.05) is 24.3 Å². The maximum atomic E-state index is 12.1. The number of para-hydroxylation sites is 1. The molecular weight excluding hydrogens is 721 g/mol. The Morgan fingerprint density at radius 2 is 1.21 bits per heavy atom. The summed E-state index contributed by atoms with van der Waals surface area (Å²) >= 11 is 0. The summed E-state index contributed by atoms with van der Waals surface area (Å²) < 4.78 is 5.81. The van der Waals surface area contributed by atoms with Crippen LogP contribution in [-0.4, -0.2) is 81.1 Å². The molecule has 0 radical (unpaired) electrons. The molecule has 5 rings (SSSR count). The van der Waals surface area contributed by atoms with Gasteiger partial charge < -0.3 is 36.6 Å². The second-order valence-electron chi connectivity index (χ2n) is 17.0. The predicted octanol–water partition coefficient (Wildman–Crippen LogP) is 6.39. The van der Waals surface area contributed by atoms with Crippen LogP contribution in [0.15, 0.2) is 24.3 Å². The Hall–Kier alpha value is -4.20. The van der Waals surface area contributed by atoms with Gasteiger partial charge in [-0.2, -0.15) is 10.5 Å². The number of piperidine rings is 2. The third-order valence-corrected chi connectivity index (χ3v) is 9.64. The molecule has 0 aromatic heterocycles. The van der Waals surface area contributed by atoms with Crippen molar-refractivity contribution in [3.05, 3.63) is 29.8 Å². The largest absolute Gasteiger partial charge is 0.488 e. The van der Waals surface area contributed by atoms with E-state index < -0.39 is 12.1 Å². The summed E-state index contributed by atoms with van der Waals surface area (Å²) in [7, 11) is 0. The Morgan fingerprint density at radius 3 is 1.67 bits per heavy atom. The van der Waals surface area contributed by atoms with Crippen LogP contribution in [0.4, 0.5) is 0 Å². The van der Waals surface area contributed by atoms with Gasteiger partial charge in [0.2, 0.25) is 23.6 Å². The second kappa shape index (κ2) is 28.2. The zero-order chi connectivity index (χ0) is 42.0. The van der Waals surface area contributed by atoms with E-state index in [0.717, 1.165) is 56.2 Å². The van der Waals surface area contributed by atoms with Crippen molar-refractivity contribution in [2.45, 2.75) is 137 Å². The lowest BCUT2D eigenvalue weighted by atomic mass is 9.89. The molecule has 330 valence electrons. The number of carbonyl (C=O) groups is 4. The molecule has 3 fully saturated rings. The van der Waals surface area contributed by atoms with E-state index in [4.69, 9.17) is 4.74 Å². The molecule has 13 heteroatoms. The first-order valence-corrected chi connectivity index (χ1v) is 21.4. The van der Waals surface area contributed by atoms with Crippen LogP contribution in [0.3, 0.4) is 0 Å². The van der Waals surface area contributed by atoms with Crippen LogP contribution in [0.5, 0.6) is 5.75 Å². The number of hydrogen-bond donors (Lipinski definition) is 6. The zero-order valence-corrected chi connectivity index (χ0v) is 35.6. The smallest absolute Gasteiger partial charge is 0.234 e. The Morgan fingerprint density at radius 1 is 0.737 bits per heavy atom. The van der Waals surface area contributed by atoms with E-state index in [9.17, 15) is 29.7 Å². The van der Waals surface area contributed by atoms with E-state index in [-0.39, 0.29) is 63.2 Å². The van der Waals surface area contributed by atoms with Crippen LogP contribution in [0.25, 0.3) is 0 Å². The van der Waals surface area contributed by atoms with Gasteiger partial charge in [-0.15, -0.1) is 0 Å². The van der Waals surface area contributed by atoms with E-state index >= 15 is 0 Å². The molecule has 6 N–H and O–H groups in total. The highest BCUT2D eigenvalue weighted by Crippen LogP contribution is 2.28. The number of nitrogens with one attached hydrogen (secondary N) is 6. The maximum absolute atomic E-state index is 12.1. The van der Waals surface area contributed by atoms with Gasteiger partial charge in [-0.1, -0.05) is 79.0 Å². The Kier molecular flexibility index (Phi) is 24.3. The van der Waals surface area contributed by atoms with Crippen LogP contribution >= 0.6 is 0 Å². The van der Waals surface area contributed by atoms with Gasteiger partial charge in [0.05, 0.1) is 25.2 Å². The molecule has 4 amide bonds. The Bertz CT molecular complexity index is 1430. The quantitative estimate of drug-likeness (QED) is 0.124. The van der Waals surface area contributed by atoms with Crippen molar-refractivity contribution in [3.8, 4) is 17.9 Å². The number of benzene rings is 1. The average molecular weight is 805 g/mol. The van der Waals surface area contributed by atoms with Crippen molar-refractivity contribution < 1.29 is 32.5 Å². The number of hydrogen-bond acceptors (Lipinski definition) is 9. The van der Waals surface area contributed by atoms with Crippen molar-refractivity contribution in [2.24, 2.45) is 29.6 Å². The minimum Gasteiger partial charge on any atom is -0.488 e. The monoisotopic (exact) mass is 805 g/mol. The second-order valence-corrected chi connectivity index (χ2v) is 17.0. The van der Waals surface area contributed by atoms with Crippen LogP contribution < -0.4 is 36.6 Å². The van der Waals surface area contributed by atoms with Crippen molar-refractivity contribution in [1.29, 1.82) is 10.5 Å². The van der Waals surface area contributed by atoms with Crippen LogP contribution in [0.1, 0.15) is 126 Å². The highest BCUT2D eigenvalue weighted by atomic mass is 16.5. The Labute approximate surface area is 351 Å². The molecule has 3 aliphatic heterocycles. The Balaban J connectivity index is -0.000000282. The third kappa shape index (κ3) is 21.8. The summed E-state index contributed by atoms with van der Waals surface area (Å²) in [4.78, 5) is 47.5. The highest BCUT2D eigenvalue weighted by molar-refractivity contribution is 5.81. The van der Waals surface area contributed by atoms with Crippen LogP contribution in [0, 0.1) is 52.3 Å². The average Bonchev–Trinajstić information content (AvgIpc) is 3.59. The molecule has 0 spiro atoms. The van der Waals surface area contributed by atoms with Gasteiger partial charge in [0, 0.05) is 46.5 Å². The van der Waals surface area contributed by atoms with Crippen molar-refractivity contribution >= 4 is 23.6 Å². The van der Waals surface area contributed by atoms with E-state index in [2.05, 4.69) is 85.6 Å². The first kappa shape index (κ1) is 48.9. The van der Waals surface area contributed by atoms with Crippen molar-refractivity contribution in [2.75, 3.05) is 39.3 Å². The van der Waals surface area contributed by atoms with Gasteiger partial charge in [-0.25, -0.2) is 0 Å². The molecule has 4 aliphatic rings. The van der Waals surface area contributed by atoms with E-state index in [0.29, 0.717) is 38.4 Å². The summed E-state index contributed by atoms with van der Waals surface area (Å²) in [6.07, 6.45) is 11.4. The normalized spacial score (nSPS) is 21.1. The number of nitriles is 2. The lowest BCUT2D eigenvalue weighted by Gasteiger charge is -2.24. The molecule has 2 saturated heterocycles. The van der Waals surface area contributed by atoms with Crippen molar-refractivity contribution in [1.82, 2.24) is 31.9 Å². The zero-order valence-electron chi connectivity index (χ0n) is 35.6. The van der Waals surface area contributed by atoms with Crippen LogP contribution in [-0.2, 0) is 25.6 Å². The molecule has 1 saturated carbocycles. The third-order valence-electron chi connectivity index (χ3n) is 9.64. The van der Waals surface area contributed by atoms with Crippen LogP contribution in [0.2, 0.25) is 0 Å². The van der Waals surface area contributed by atoms with E-state index in [1.54, 1.807) is 0 Å². The summed E-state index contributed by atoms with van der Waals surface area (Å²) in [5.74, 6) is 2.44. The SMILES string of the molecule is CC(C)C.CC(C)C.N#C[C@H](C[C@@H]1CCCNC1=O)NC(=O)CNCC1CCCCC1.N#C[C@H](C[C@@H]1CCCNC1=O)NC(=O)CNCC1Cc2ccccc2O1.[HH].[HH].[HH].[HH].[HH].[HH]. The summed E-state index contributed by atoms with van der Waals surface area (Å²) in [5, 5.41) is 35.8. The molecule has 13 nitrogen and oxygen atoms in total. The molecule has 0 bridgehead atoms. The standard InChI is InChI=1S/C19H24N4O3.C17H28N4O2.2C4H10.6H2/c20-10-15(8-14-5-3-7-22-19(14)25)23-18(24)12-21-11-16-9-13-4-1-2-6-17(13)26-16;18-10-15(9-14-7-4-8-20-17(14)23)21-16(22)12-19-11-13-5-2-1-3-6-13;2*1-4(2)3;;;;;;/h1-2,4,6,14-16,21H,3,5,7-9,11-12H2,(H,22,25)(H,23,24);13-15,19H,1-9,11-12H2,(H,20,23)(H,21,22);2*4H,1-3H3;6*1H/t14-,15-,16?;14-,15-;;;;;;;;/m00......../s1. The van der Waals surface area contributed by atoms with Gasteiger partial charge in [-0.3, -0.25) is 19.2 Å². The molecule has 1 aromatic rings. The highest BCUT2D eigenvalue weighted by Gasteiger charge is 2.28. The van der Waals surface area contributed by atoms with Crippen molar-refractivity contribution in [3.63, 3.8) is 0 Å². The molecule has 3 heterocycles. The number of nitrogens with zero attached hydrogens (tertiary/aromatic N) is 2. The number of ether oxygens (including phenoxy) is 1. The topological polar surface area (TPSA) is 197 Å². The first-order valence-electron chi connectivity index (χ1n) is 21.4. The van der Waals surface area contributed by atoms with E-state index in [1.165, 1.54) is 37.7 Å². The fourth-order valence-corrected chi connectivity index (χ4v) is 6.96. The number of carbonyl (C=O) groups excluding carboxylic acids is 4. The van der Waals surface area contributed by atoms with Gasteiger partial charge >= 0.3 is 0 Å². The first-order chi connectivity index (χ1) is 27.3. The lowest BCUT2D eigenvalue weighted by molar-refractivity contribution is -0.128. The maximum Gasteiger partial charge on any atom is 0.234 e. The molecule has 1 aromatic carbocycles. The lowest BCUT2D eigenvalue weighted by Crippen LogP contribution is -2.45. The molecule has 57 heavy (non-hydrogen) atoms. The van der Waals surface area contributed by atoms with Gasteiger partial charge in [0.1, 0.15) is 23.9 Å². The fraction of sp³-hybridized carbons (Fsp3) is 0.727. The predicted molar refractivity (Wildman–Crippen MR) is 236 cm³/mol. The molecule has 1 aliphatic carbocycles. The summed E-state index contributed by atoms with van der Waals surface area (Å²) in [6, 6.07) is 10.9. The fourth-order valence-electron chi connectivity index (χ4n) is 6.96. The summed E-state index contributed by atoms with van der Waals surface area (Å²) in [6.45, 7) is 16.2. The molecule has 1 unspecified atom stereocenters. The minimum atomic E-state index is -0.648. The number of rotatable bonds is 14. The van der Waals surface area contributed by atoms with Gasteiger partial charge in [0.15, 0.2) is 0 Å². The minimum absolute atomic E-state index is 0. The molecular formula is C44H84N8O5.